The van der Waals surface area contributed by atoms with Crippen molar-refractivity contribution in [2.24, 2.45) is 0 Å². The molecule has 0 spiro atoms. The van der Waals surface area contributed by atoms with E-state index in [1.165, 1.54) is 12.3 Å². The van der Waals surface area contributed by atoms with Gasteiger partial charge in [-0.2, -0.15) is 0 Å². The van der Waals surface area contributed by atoms with Crippen molar-refractivity contribution in [2.45, 2.75) is 50.6 Å². The molecule has 0 radical (unpaired) electrons. The Morgan fingerprint density at radius 2 is 2.00 bits per heavy atom. The highest BCUT2D eigenvalue weighted by molar-refractivity contribution is 6.31. The van der Waals surface area contributed by atoms with Gasteiger partial charge in [0.15, 0.2) is 0 Å². The molecule has 1 aromatic rings. The highest BCUT2D eigenvalue weighted by Crippen LogP contribution is 2.55. The number of aromatic nitrogens is 1. The number of nitrogens with zero attached hydrogens (tertiary/aromatic N) is 1. The summed E-state index contributed by atoms with van der Waals surface area (Å²) in [5.41, 5.74) is -2.03. The normalized spacial score (nSPS) is 20.1. The standard InChI is InChI=1S/C14H16ClF2NO2/c1-12(2,3)20-11(19)13(7-14(16,17)8-13)10-9(15)5-4-6-18-10/h4-6H,7-8H2,1-3H3. The van der Waals surface area contributed by atoms with Crippen molar-refractivity contribution >= 4 is 17.6 Å². The molecular weight excluding hydrogens is 288 g/mol. The number of halogens is 3. The molecule has 1 aliphatic rings. The molecule has 0 unspecified atom stereocenters. The number of alkyl halides is 2. The van der Waals surface area contributed by atoms with Gasteiger partial charge in [0.25, 0.3) is 5.92 Å². The Morgan fingerprint density at radius 3 is 2.45 bits per heavy atom. The van der Waals surface area contributed by atoms with Crippen molar-refractivity contribution in [1.29, 1.82) is 0 Å². The largest absolute Gasteiger partial charge is 0.459 e. The van der Waals surface area contributed by atoms with E-state index in [0.29, 0.717) is 0 Å². The molecule has 1 aromatic heterocycles. The lowest BCUT2D eigenvalue weighted by molar-refractivity contribution is -0.190. The molecule has 0 N–H and O–H groups in total. The lowest BCUT2D eigenvalue weighted by Crippen LogP contribution is -2.56. The van der Waals surface area contributed by atoms with Gasteiger partial charge in [-0.05, 0) is 32.9 Å². The molecule has 1 saturated carbocycles. The first-order valence-corrected chi connectivity index (χ1v) is 6.66. The fourth-order valence-corrected chi connectivity index (χ4v) is 2.66. The third kappa shape index (κ3) is 2.77. The van der Waals surface area contributed by atoms with Crippen LogP contribution in [0.3, 0.4) is 0 Å². The molecule has 0 bridgehead atoms. The van der Waals surface area contributed by atoms with Crippen LogP contribution in [-0.4, -0.2) is 22.5 Å². The molecule has 3 nitrogen and oxygen atoms in total. The van der Waals surface area contributed by atoms with Crippen molar-refractivity contribution in [3.05, 3.63) is 29.0 Å². The van der Waals surface area contributed by atoms with Crippen LogP contribution < -0.4 is 0 Å². The van der Waals surface area contributed by atoms with Gasteiger partial charge in [0.2, 0.25) is 0 Å². The van der Waals surface area contributed by atoms with E-state index < -0.39 is 35.7 Å². The summed E-state index contributed by atoms with van der Waals surface area (Å²) < 4.78 is 32.0. The fraction of sp³-hybridized carbons (Fsp3) is 0.571. The van der Waals surface area contributed by atoms with Crippen LogP contribution in [0.1, 0.15) is 39.3 Å². The Bertz CT molecular complexity index is 532. The molecule has 2 rings (SSSR count). The summed E-state index contributed by atoms with van der Waals surface area (Å²) in [5, 5.41) is 0.203. The van der Waals surface area contributed by atoms with E-state index in [1.54, 1.807) is 26.8 Å². The summed E-state index contributed by atoms with van der Waals surface area (Å²) in [6.45, 7) is 5.07. The average Bonchev–Trinajstić information content (AvgIpc) is 2.23. The minimum atomic E-state index is -2.89. The van der Waals surface area contributed by atoms with E-state index in [0.717, 1.165) is 0 Å². The molecule has 110 valence electrons. The predicted molar refractivity (Wildman–Crippen MR) is 71.0 cm³/mol. The van der Waals surface area contributed by atoms with Crippen LogP contribution in [0.4, 0.5) is 8.78 Å². The number of hydrogen-bond acceptors (Lipinski definition) is 3. The van der Waals surface area contributed by atoms with E-state index in [4.69, 9.17) is 16.3 Å². The van der Waals surface area contributed by atoms with Crippen LogP contribution in [0, 0.1) is 0 Å². The third-order valence-corrected chi connectivity index (χ3v) is 3.43. The van der Waals surface area contributed by atoms with Gasteiger partial charge >= 0.3 is 5.97 Å². The lowest BCUT2D eigenvalue weighted by Gasteiger charge is -2.45. The predicted octanol–water partition coefficient (Wildman–Crippen LogP) is 3.74. The zero-order valence-corrected chi connectivity index (χ0v) is 12.3. The third-order valence-electron chi connectivity index (χ3n) is 3.12. The van der Waals surface area contributed by atoms with Gasteiger partial charge < -0.3 is 4.74 Å². The Kier molecular flexibility index (Phi) is 3.53. The van der Waals surface area contributed by atoms with Gasteiger partial charge in [-0.3, -0.25) is 9.78 Å². The highest BCUT2D eigenvalue weighted by Gasteiger charge is 2.64. The molecule has 0 amide bonds. The van der Waals surface area contributed by atoms with Crippen molar-refractivity contribution < 1.29 is 18.3 Å². The number of hydrogen-bond donors (Lipinski definition) is 0. The molecule has 0 saturated heterocycles. The zero-order valence-electron chi connectivity index (χ0n) is 11.5. The molecule has 1 fully saturated rings. The molecule has 0 aliphatic heterocycles. The number of carbonyl (C=O) groups is 1. The second-order valence-electron chi connectivity index (χ2n) is 6.13. The maximum atomic E-state index is 13.4. The van der Waals surface area contributed by atoms with E-state index in [9.17, 15) is 13.6 Å². The van der Waals surface area contributed by atoms with Crippen molar-refractivity contribution in [3.8, 4) is 0 Å². The Hall–Kier alpha value is -1.23. The van der Waals surface area contributed by atoms with E-state index in [2.05, 4.69) is 4.98 Å². The molecule has 20 heavy (non-hydrogen) atoms. The van der Waals surface area contributed by atoms with Crippen LogP contribution in [0.15, 0.2) is 18.3 Å². The van der Waals surface area contributed by atoms with Gasteiger partial charge in [0, 0.05) is 19.0 Å². The first-order chi connectivity index (χ1) is 9.06. The summed E-state index contributed by atoms with van der Waals surface area (Å²) in [6.07, 6.45) is 0.196. The van der Waals surface area contributed by atoms with E-state index in [1.807, 2.05) is 0 Å². The molecule has 0 atom stereocenters. The molecule has 6 heteroatoms. The molecule has 0 aromatic carbocycles. The first-order valence-electron chi connectivity index (χ1n) is 6.28. The summed E-state index contributed by atoms with van der Waals surface area (Å²) in [6, 6.07) is 3.12. The average molecular weight is 304 g/mol. The summed E-state index contributed by atoms with van der Waals surface area (Å²) in [4.78, 5) is 16.4. The van der Waals surface area contributed by atoms with Gasteiger partial charge in [-0.25, -0.2) is 8.78 Å². The SMILES string of the molecule is CC(C)(C)OC(=O)C1(c2ncccc2Cl)CC(F)(F)C1. The molecular formula is C14H16ClF2NO2. The lowest BCUT2D eigenvalue weighted by atomic mass is 9.63. The second-order valence-corrected chi connectivity index (χ2v) is 6.53. The van der Waals surface area contributed by atoms with Crippen molar-refractivity contribution in [2.75, 3.05) is 0 Å². The van der Waals surface area contributed by atoms with Crippen molar-refractivity contribution in [3.63, 3.8) is 0 Å². The number of carbonyl (C=O) groups excluding carboxylic acids is 1. The van der Waals surface area contributed by atoms with E-state index in [-0.39, 0.29) is 10.7 Å². The fourth-order valence-electron chi connectivity index (χ4n) is 2.35. The maximum absolute atomic E-state index is 13.4. The zero-order chi connectivity index (χ0) is 15.2. The van der Waals surface area contributed by atoms with Crippen molar-refractivity contribution in [1.82, 2.24) is 4.98 Å². The smallest absolute Gasteiger partial charge is 0.319 e. The summed E-state index contributed by atoms with van der Waals surface area (Å²) >= 11 is 6.01. The van der Waals surface area contributed by atoms with Crippen LogP contribution >= 0.6 is 11.6 Å². The summed E-state index contributed by atoms with van der Waals surface area (Å²) in [7, 11) is 0. The monoisotopic (exact) mass is 303 g/mol. The van der Waals surface area contributed by atoms with Crippen LogP contribution in [0.5, 0.6) is 0 Å². The first kappa shape index (κ1) is 15.2. The second kappa shape index (κ2) is 4.65. The van der Waals surface area contributed by atoms with Gasteiger partial charge in [0.05, 0.1) is 10.7 Å². The Morgan fingerprint density at radius 1 is 1.40 bits per heavy atom. The van der Waals surface area contributed by atoms with Gasteiger partial charge in [0.1, 0.15) is 11.0 Å². The molecule has 1 aliphatic carbocycles. The van der Waals surface area contributed by atoms with Crippen LogP contribution in [-0.2, 0) is 14.9 Å². The summed E-state index contributed by atoms with van der Waals surface area (Å²) in [5.74, 6) is -3.59. The van der Waals surface area contributed by atoms with Gasteiger partial charge in [-0.1, -0.05) is 11.6 Å². The topological polar surface area (TPSA) is 39.2 Å². The Balaban J connectivity index is 2.39. The quantitative estimate of drug-likeness (QED) is 0.781. The van der Waals surface area contributed by atoms with Gasteiger partial charge in [-0.15, -0.1) is 0 Å². The van der Waals surface area contributed by atoms with Crippen LogP contribution in [0.25, 0.3) is 0 Å². The minimum absolute atomic E-state index is 0.168. The van der Waals surface area contributed by atoms with E-state index >= 15 is 0 Å². The van der Waals surface area contributed by atoms with Crippen LogP contribution in [0.2, 0.25) is 5.02 Å². The number of rotatable bonds is 2. The highest BCUT2D eigenvalue weighted by atomic mass is 35.5. The molecule has 1 heterocycles. The number of pyridine rings is 1. The maximum Gasteiger partial charge on any atom is 0.319 e. The minimum Gasteiger partial charge on any atom is -0.459 e. The Labute approximate surface area is 121 Å². The number of ether oxygens (including phenoxy) is 1. The number of esters is 1.